The maximum Gasteiger partial charge on any atom is 0.308 e. The van der Waals surface area contributed by atoms with Crippen LogP contribution in [0, 0.1) is 25.6 Å². The molecule has 0 unspecified atom stereocenters. The maximum atomic E-state index is 13.4. The van der Waals surface area contributed by atoms with Crippen LogP contribution in [0.15, 0.2) is 17.0 Å². The average molecular weight is 329 g/mol. The van der Waals surface area contributed by atoms with Crippen molar-refractivity contribution in [2.45, 2.75) is 44.6 Å². The number of carbonyl (C=O) groups is 1. The van der Waals surface area contributed by atoms with E-state index in [4.69, 9.17) is 0 Å². The van der Waals surface area contributed by atoms with Crippen LogP contribution in [0.4, 0.5) is 4.39 Å². The molecule has 2 atom stereocenters. The van der Waals surface area contributed by atoms with E-state index in [1.165, 1.54) is 16.4 Å². The van der Waals surface area contributed by atoms with E-state index in [1.54, 1.807) is 20.8 Å². The summed E-state index contributed by atoms with van der Waals surface area (Å²) < 4.78 is 40.5. The lowest BCUT2D eigenvalue weighted by Crippen LogP contribution is -2.49. The molecular formula is C15H20FNO4S. The van der Waals surface area contributed by atoms with Crippen LogP contribution in [0.1, 0.15) is 30.9 Å². The molecule has 1 fully saturated rings. The van der Waals surface area contributed by atoms with Crippen LogP contribution in [0.3, 0.4) is 0 Å². The van der Waals surface area contributed by atoms with Crippen molar-refractivity contribution in [1.82, 2.24) is 4.31 Å². The first-order chi connectivity index (χ1) is 10.2. The Labute approximate surface area is 129 Å². The zero-order chi connectivity index (χ0) is 16.7. The molecule has 0 saturated carbocycles. The van der Waals surface area contributed by atoms with Gasteiger partial charge in [0.05, 0.1) is 10.8 Å². The summed E-state index contributed by atoms with van der Waals surface area (Å²) in [5.41, 5.74) is 0.671. The van der Waals surface area contributed by atoms with Crippen molar-refractivity contribution < 1.29 is 22.7 Å². The van der Waals surface area contributed by atoms with E-state index in [1.807, 2.05) is 0 Å². The number of halogens is 1. The van der Waals surface area contributed by atoms with Gasteiger partial charge < -0.3 is 5.11 Å². The minimum atomic E-state index is -3.85. The van der Waals surface area contributed by atoms with Crippen LogP contribution in [0.2, 0.25) is 0 Å². The Kier molecular flexibility index (Phi) is 4.58. The Morgan fingerprint density at radius 1 is 1.32 bits per heavy atom. The minimum absolute atomic E-state index is 0.0757. The smallest absolute Gasteiger partial charge is 0.308 e. The lowest BCUT2D eigenvalue weighted by Gasteiger charge is -2.36. The van der Waals surface area contributed by atoms with Crippen molar-refractivity contribution in [3.63, 3.8) is 0 Å². The van der Waals surface area contributed by atoms with Gasteiger partial charge in [-0.1, -0.05) is 0 Å². The Bertz CT molecular complexity index is 678. The monoisotopic (exact) mass is 329 g/mol. The van der Waals surface area contributed by atoms with Crippen LogP contribution in [-0.4, -0.2) is 36.4 Å². The average Bonchev–Trinajstić information content (AvgIpc) is 2.36. The number of benzene rings is 1. The van der Waals surface area contributed by atoms with Gasteiger partial charge in [-0.25, -0.2) is 12.8 Å². The molecular weight excluding hydrogens is 309 g/mol. The van der Waals surface area contributed by atoms with Crippen molar-refractivity contribution in [2.75, 3.05) is 6.54 Å². The van der Waals surface area contributed by atoms with Crippen molar-refractivity contribution in [3.05, 3.63) is 29.1 Å². The summed E-state index contributed by atoms with van der Waals surface area (Å²) in [6, 6.07) is 1.74. The molecule has 1 aliphatic heterocycles. The molecule has 1 aromatic carbocycles. The van der Waals surface area contributed by atoms with Gasteiger partial charge in [-0.2, -0.15) is 4.31 Å². The molecule has 0 radical (unpaired) electrons. The number of aliphatic carboxylic acids is 1. The molecule has 2 rings (SSSR count). The van der Waals surface area contributed by atoms with E-state index >= 15 is 0 Å². The van der Waals surface area contributed by atoms with Gasteiger partial charge >= 0.3 is 5.97 Å². The van der Waals surface area contributed by atoms with Crippen molar-refractivity contribution in [3.8, 4) is 0 Å². The summed E-state index contributed by atoms with van der Waals surface area (Å²) >= 11 is 0. The van der Waals surface area contributed by atoms with Gasteiger partial charge in [0.1, 0.15) is 5.82 Å². The normalized spacial score (nSPS) is 23.5. The van der Waals surface area contributed by atoms with E-state index in [0.29, 0.717) is 24.0 Å². The van der Waals surface area contributed by atoms with E-state index in [0.717, 1.165) is 0 Å². The number of nitrogens with zero attached hydrogens (tertiary/aromatic N) is 1. The van der Waals surface area contributed by atoms with Crippen LogP contribution < -0.4 is 0 Å². The number of sulfonamides is 1. The van der Waals surface area contributed by atoms with Gasteiger partial charge in [0.25, 0.3) is 0 Å². The summed E-state index contributed by atoms with van der Waals surface area (Å²) in [4.78, 5) is 11.4. The maximum absolute atomic E-state index is 13.4. The second-order valence-electron chi connectivity index (χ2n) is 5.81. The summed E-state index contributed by atoms with van der Waals surface area (Å²) in [6.07, 6.45) is 0.962. The molecule has 0 bridgehead atoms. The first kappa shape index (κ1) is 16.9. The Morgan fingerprint density at radius 3 is 2.36 bits per heavy atom. The molecule has 1 aromatic rings. The third-order valence-electron chi connectivity index (χ3n) is 4.24. The minimum Gasteiger partial charge on any atom is -0.481 e. The second-order valence-corrected chi connectivity index (χ2v) is 7.64. The number of carboxylic acids is 1. The fourth-order valence-electron chi connectivity index (χ4n) is 3.20. The quantitative estimate of drug-likeness (QED) is 0.923. The molecule has 22 heavy (non-hydrogen) atoms. The summed E-state index contributed by atoms with van der Waals surface area (Å²) in [7, 11) is -3.85. The number of hydrogen-bond donors (Lipinski definition) is 1. The molecule has 5 nitrogen and oxygen atoms in total. The fraction of sp³-hybridized carbons (Fsp3) is 0.533. The number of rotatable bonds is 3. The lowest BCUT2D eigenvalue weighted by molar-refractivity contribution is -0.144. The fourth-order valence-corrected chi connectivity index (χ4v) is 5.32. The predicted octanol–water partition coefficient (Wildman–Crippen LogP) is 2.32. The largest absolute Gasteiger partial charge is 0.481 e. The van der Waals surface area contributed by atoms with Gasteiger partial charge in [0, 0.05) is 12.6 Å². The highest BCUT2D eigenvalue weighted by atomic mass is 32.2. The SMILES string of the molecule is Cc1cc(F)cc(C)c1S(=O)(=O)N1CCC[C@@H](C(=O)O)[C@H]1C. The first-order valence-corrected chi connectivity index (χ1v) is 8.61. The van der Waals surface area contributed by atoms with Gasteiger partial charge in [0.2, 0.25) is 10.0 Å². The second kappa shape index (κ2) is 5.96. The third-order valence-corrected chi connectivity index (χ3v) is 6.53. The van der Waals surface area contributed by atoms with Gasteiger partial charge in [-0.05, 0) is 56.9 Å². The molecule has 1 saturated heterocycles. The highest BCUT2D eigenvalue weighted by Crippen LogP contribution is 2.32. The van der Waals surface area contributed by atoms with E-state index < -0.39 is 33.8 Å². The molecule has 0 aromatic heterocycles. The molecule has 0 spiro atoms. The van der Waals surface area contributed by atoms with Crippen LogP contribution in [0.5, 0.6) is 0 Å². The van der Waals surface area contributed by atoms with E-state index in [-0.39, 0.29) is 11.4 Å². The topological polar surface area (TPSA) is 74.7 Å². The summed E-state index contributed by atoms with van der Waals surface area (Å²) in [5.74, 6) is -2.19. The summed E-state index contributed by atoms with van der Waals surface area (Å²) in [5, 5.41) is 9.24. The van der Waals surface area contributed by atoms with Crippen molar-refractivity contribution >= 4 is 16.0 Å². The summed E-state index contributed by atoms with van der Waals surface area (Å²) in [6.45, 7) is 4.99. The van der Waals surface area contributed by atoms with Gasteiger partial charge in [-0.3, -0.25) is 4.79 Å². The first-order valence-electron chi connectivity index (χ1n) is 7.17. The molecule has 1 N–H and O–H groups in total. The van der Waals surface area contributed by atoms with Crippen molar-refractivity contribution in [1.29, 1.82) is 0 Å². The van der Waals surface area contributed by atoms with Crippen LogP contribution in [0.25, 0.3) is 0 Å². The van der Waals surface area contributed by atoms with Crippen LogP contribution >= 0.6 is 0 Å². The number of hydrogen-bond acceptors (Lipinski definition) is 3. The number of piperidine rings is 1. The molecule has 7 heteroatoms. The van der Waals surface area contributed by atoms with E-state index in [9.17, 15) is 22.7 Å². The van der Waals surface area contributed by atoms with Gasteiger partial charge in [-0.15, -0.1) is 0 Å². The zero-order valence-corrected chi connectivity index (χ0v) is 13.7. The zero-order valence-electron chi connectivity index (χ0n) is 12.8. The van der Waals surface area contributed by atoms with Crippen molar-refractivity contribution in [2.24, 2.45) is 5.92 Å². The predicted molar refractivity (Wildman–Crippen MR) is 79.6 cm³/mol. The highest BCUT2D eigenvalue weighted by molar-refractivity contribution is 7.89. The highest BCUT2D eigenvalue weighted by Gasteiger charge is 2.40. The Morgan fingerprint density at radius 2 is 1.86 bits per heavy atom. The molecule has 0 aliphatic carbocycles. The number of aryl methyl sites for hydroxylation is 2. The molecule has 1 heterocycles. The molecule has 122 valence electrons. The lowest BCUT2D eigenvalue weighted by atomic mass is 9.92. The third kappa shape index (κ3) is 2.87. The van der Waals surface area contributed by atoms with Gasteiger partial charge in [0.15, 0.2) is 0 Å². The van der Waals surface area contributed by atoms with E-state index in [2.05, 4.69) is 0 Å². The molecule has 0 amide bonds. The standard InChI is InChI=1S/C15H20FNO4S/c1-9-7-12(16)8-10(2)14(9)22(20,21)17-6-4-5-13(11(17)3)15(18)19/h7-8,11,13H,4-6H2,1-3H3,(H,18,19)/t11-,13-/m1/s1. The molecule has 1 aliphatic rings. The Balaban J connectivity index is 2.49. The number of carboxylic acid groups (broad SMARTS) is 1. The van der Waals surface area contributed by atoms with Crippen LogP contribution in [-0.2, 0) is 14.8 Å². The Hall–Kier alpha value is -1.47.